The SMILES string of the molecule is CN(CCCNC(=O)Nc1cccc(OCC(=O)Nc2ccccc2)c1)c1ccccc1. The highest BCUT2D eigenvalue weighted by atomic mass is 16.5. The van der Waals surface area contributed by atoms with Gasteiger partial charge in [0.25, 0.3) is 5.91 Å². The van der Waals surface area contributed by atoms with Crippen LogP contribution in [0.15, 0.2) is 84.9 Å². The molecule has 0 spiro atoms. The van der Waals surface area contributed by atoms with Gasteiger partial charge in [-0.25, -0.2) is 4.79 Å². The van der Waals surface area contributed by atoms with E-state index in [-0.39, 0.29) is 18.5 Å². The molecule has 0 aliphatic rings. The fraction of sp³-hybridized carbons (Fsp3) is 0.200. The minimum absolute atomic E-state index is 0.126. The number of carbonyl (C=O) groups excluding carboxylic acids is 2. The number of nitrogens with zero attached hydrogens (tertiary/aromatic N) is 1. The fourth-order valence-electron chi connectivity index (χ4n) is 3.04. The minimum Gasteiger partial charge on any atom is -0.484 e. The number of rotatable bonds is 10. The topological polar surface area (TPSA) is 82.7 Å². The molecule has 7 heteroatoms. The molecule has 3 rings (SSSR count). The van der Waals surface area contributed by atoms with Crippen molar-refractivity contribution in [1.82, 2.24) is 5.32 Å². The van der Waals surface area contributed by atoms with Crippen LogP contribution in [0.1, 0.15) is 6.42 Å². The number of urea groups is 1. The lowest BCUT2D eigenvalue weighted by Crippen LogP contribution is -2.31. The van der Waals surface area contributed by atoms with Crippen LogP contribution >= 0.6 is 0 Å². The van der Waals surface area contributed by atoms with Gasteiger partial charge in [-0.15, -0.1) is 0 Å². The Morgan fingerprint density at radius 2 is 1.53 bits per heavy atom. The van der Waals surface area contributed by atoms with Gasteiger partial charge < -0.3 is 25.6 Å². The molecule has 3 aromatic carbocycles. The summed E-state index contributed by atoms with van der Waals surface area (Å²) in [5.41, 5.74) is 2.44. The molecule has 0 aliphatic heterocycles. The molecule has 0 bridgehead atoms. The molecular weight excluding hydrogens is 404 g/mol. The number of para-hydroxylation sites is 2. The van der Waals surface area contributed by atoms with Crippen molar-refractivity contribution in [1.29, 1.82) is 0 Å². The van der Waals surface area contributed by atoms with E-state index in [2.05, 4.69) is 33.0 Å². The first kappa shape index (κ1) is 22.7. The number of nitrogens with one attached hydrogen (secondary N) is 3. The Labute approximate surface area is 188 Å². The third-order valence-corrected chi connectivity index (χ3v) is 4.67. The van der Waals surface area contributed by atoms with Gasteiger partial charge in [0.05, 0.1) is 0 Å². The minimum atomic E-state index is -0.286. The van der Waals surface area contributed by atoms with Crippen molar-refractivity contribution < 1.29 is 14.3 Å². The maximum absolute atomic E-state index is 12.2. The molecule has 166 valence electrons. The molecule has 0 unspecified atom stereocenters. The van der Waals surface area contributed by atoms with Crippen molar-refractivity contribution in [3.8, 4) is 5.75 Å². The predicted octanol–water partition coefficient (Wildman–Crippen LogP) is 4.35. The van der Waals surface area contributed by atoms with Crippen LogP contribution in [0.5, 0.6) is 5.75 Å². The van der Waals surface area contributed by atoms with Crippen LogP contribution in [0.3, 0.4) is 0 Å². The van der Waals surface area contributed by atoms with Crippen LogP contribution in [0, 0.1) is 0 Å². The molecule has 0 heterocycles. The van der Waals surface area contributed by atoms with Gasteiger partial charge in [0.15, 0.2) is 6.61 Å². The number of hydrogen-bond acceptors (Lipinski definition) is 4. The number of benzene rings is 3. The van der Waals surface area contributed by atoms with Crippen molar-refractivity contribution in [2.75, 3.05) is 42.3 Å². The van der Waals surface area contributed by atoms with E-state index in [9.17, 15) is 9.59 Å². The Hall–Kier alpha value is -4.00. The number of ether oxygens (including phenoxy) is 1. The van der Waals surface area contributed by atoms with Gasteiger partial charge in [0.1, 0.15) is 5.75 Å². The molecule has 3 aromatic rings. The van der Waals surface area contributed by atoms with E-state index < -0.39 is 0 Å². The van der Waals surface area contributed by atoms with E-state index in [0.717, 1.165) is 18.7 Å². The zero-order valence-electron chi connectivity index (χ0n) is 18.1. The van der Waals surface area contributed by atoms with Crippen LogP contribution in [-0.2, 0) is 4.79 Å². The van der Waals surface area contributed by atoms with Crippen molar-refractivity contribution in [2.45, 2.75) is 6.42 Å². The second-order valence-corrected chi connectivity index (χ2v) is 7.22. The molecule has 0 aromatic heterocycles. The van der Waals surface area contributed by atoms with Crippen molar-refractivity contribution >= 4 is 29.0 Å². The van der Waals surface area contributed by atoms with E-state index in [0.29, 0.717) is 23.7 Å². The Morgan fingerprint density at radius 1 is 0.844 bits per heavy atom. The van der Waals surface area contributed by atoms with E-state index in [1.807, 2.05) is 43.4 Å². The van der Waals surface area contributed by atoms with E-state index in [1.165, 1.54) is 0 Å². The number of amides is 3. The quantitative estimate of drug-likeness (QED) is 0.416. The molecular formula is C25H28N4O3. The second-order valence-electron chi connectivity index (χ2n) is 7.22. The third-order valence-electron chi connectivity index (χ3n) is 4.67. The van der Waals surface area contributed by atoms with Gasteiger partial charge >= 0.3 is 6.03 Å². The summed E-state index contributed by atoms with van der Waals surface area (Å²) < 4.78 is 5.54. The second kappa shape index (κ2) is 12.0. The molecule has 0 aliphatic carbocycles. The fourth-order valence-corrected chi connectivity index (χ4v) is 3.04. The monoisotopic (exact) mass is 432 g/mol. The van der Waals surface area contributed by atoms with Crippen LogP contribution in [0.4, 0.5) is 21.9 Å². The first-order valence-corrected chi connectivity index (χ1v) is 10.5. The van der Waals surface area contributed by atoms with Crippen molar-refractivity contribution in [2.24, 2.45) is 0 Å². The average molecular weight is 433 g/mol. The Morgan fingerprint density at radius 3 is 2.28 bits per heavy atom. The standard InChI is InChI=1S/C25H28N4O3/c1-29(22-13-6-3-7-14-22)17-9-16-26-25(31)28-21-12-8-15-23(18-21)32-19-24(30)27-20-10-4-2-5-11-20/h2-8,10-15,18H,9,16-17,19H2,1H3,(H,27,30)(H2,26,28,31). The summed E-state index contributed by atoms with van der Waals surface area (Å²) in [4.78, 5) is 26.3. The molecule has 0 saturated carbocycles. The van der Waals surface area contributed by atoms with Crippen LogP contribution in [0.25, 0.3) is 0 Å². The zero-order chi connectivity index (χ0) is 22.6. The van der Waals surface area contributed by atoms with Gasteiger partial charge in [-0.3, -0.25) is 4.79 Å². The highest BCUT2D eigenvalue weighted by Gasteiger charge is 2.06. The highest BCUT2D eigenvalue weighted by molar-refractivity contribution is 5.92. The summed E-state index contributed by atoms with van der Waals surface area (Å²) in [5, 5.41) is 8.40. The summed E-state index contributed by atoms with van der Waals surface area (Å²) >= 11 is 0. The highest BCUT2D eigenvalue weighted by Crippen LogP contribution is 2.17. The predicted molar refractivity (Wildman–Crippen MR) is 128 cm³/mol. The first-order chi connectivity index (χ1) is 15.6. The summed E-state index contributed by atoms with van der Waals surface area (Å²) in [6.07, 6.45) is 0.818. The molecule has 3 amide bonds. The molecule has 0 radical (unpaired) electrons. The lowest BCUT2D eigenvalue weighted by Gasteiger charge is -2.19. The van der Waals surface area contributed by atoms with Crippen LogP contribution in [0.2, 0.25) is 0 Å². The molecule has 32 heavy (non-hydrogen) atoms. The molecule has 0 fully saturated rings. The number of hydrogen-bond donors (Lipinski definition) is 3. The van der Waals surface area contributed by atoms with Gasteiger partial charge in [-0.2, -0.15) is 0 Å². The van der Waals surface area contributed by atoms with Crippen LogP contribution < -0.4 is 25.6 Å². The number of anilines is 3. The zero-order valence-corrected chi connectivity index (χ0v) is 18.1. The van der Waals surface area contributed by atoms with Gasteiger partial charge in [0.2, 0.25) is 0 Å². The molecule has 3 N–H and O–H groups in total. The van der Waals surface area contributed by atoms with E-state index in [4.69, 9.17) is 4.74 Å². The summed E-state index contributed by atoms with van der Waals surface area (Å²) in [6.45, 7) is 1.26. The molecule has 7 nitrogen and oxygen atoms in total. The van der Waals surface area contributed by atoms with Crippen molar-refractivity contribution in [3.63, 3.8) is 0 Å². The maximum Gasteiger partial charge on any atom is 0.319 e. The average Bonchev–Trinajstić information content (AvgIpc) is 2.82. The normalized spacial score (nSPS) is 10.2. The summed E-state index contributed by atoms with van der Waals surface area (Å²) in [5.74, 6) is 0.239. The smallest absolute Gasteiger partial charge is 0.319 e. The van der Waals surface area contributed by atoms with Crippen LogP contribution in [-0.4, -0.2) is 38.7 Å². The van der Waals surface area contributed by atoms with Gasteiger partial charge in [-0.05, 0) is 42.8 Å². The van der Waals surface area contributed by atoms with E-state index in [1.54, 1.807) is 36.4 Å². The molecule has 0 saturated heterocycles. The maximum atomic E-state index is 12.2. The third kappa shape index (κ3) is 7.68. The lowest BCUT2D eigenvalue weighted by atomic mass is 10.3. The van der Waals surface area contributed by atoms with Gasteiger partial charge in [-0.1, -0.05) is 42.5 Å². The number of carbonyl (C=O) groups is 2. The summed E-state index contributed by atoms with van der Waals surface area (Å²) in [6, 6.07) is 25.9. The van der Waals surface area contributed by atoms with E-state index >= 15 is 0 Å². The Kier molecular flexibility index (Phi) is 8.50. The summed E-state index contributed by atoms with van der Waals surface area (Å²) in [7, 11) is 2.03. The Bertz CT molecular complexity index is 996. The Balaban J connectivity index is 1.37. The lowest BCUT2D eigenvalue weighted by molar-refractivity contribution is -0.118. The van der Waals surface area contributed by atoms with Crippen molar-refractivity contribution in [3.05, 3.63) is 84.9 Å². The first-order valence-electron chi connectivity index (χ1n) is 10.5. The largest absolute Gasteiger partial charge is 0.484 e. The van der Waals surface area contributed by atoms with Gasteiger partial charge in [0, 0.05) is 43.3 Å². The molecule has 0 atom stereocenters.